The van der Waals surface area contributed by atoms with Crippen LogP contribution in [-0.2, 0) is 11.2 Å². The average molecular weight is 494 g/mol. The molecule has 0 saturated heterocycles. The Labute approximate surface area is 201 Å². The standard InChI is InChI=1S/C23H28ClN3O5S/c1-12(2)5-16-11-33-21(14(16)4)23-26-22(27-32-23)15-6-13(3)20(18(24)7-15)31-10-17(29)8-25-19(30)9-28/h6-7,11-12,17,28-29H,5,8-10H2,1-4H3,(H,25,30). The van der Waals surface area contributed by atoms with E-state index in [2.05, 4.69) is 41.6 Å². The smallest absolute Gasteiger partial charge is 0.268 e. The number of carbonyl (C=O) groups is 1. The summed E-state index contributed by atoms with van der Waals surface area (Å²) in [5.41, 5.74) is 3.88. The van der Waals surface area contributed by atoms with Gasteiger partial charge in [-0.3, -0.25) is 4.79 Å². The highest BCUT2D eigenvalue weighted by atomic mass is 35.5. The number of aryl methyl sites for hydroxylation is 1. The van der Waals surface area contributed by atoms with Crippen LogP contribution in [0.25, 0.3) is 22.2 Å². The minimum absolute atomic E-state index is 0.0409. The zero-order valence-electron chi connectivity index (χ0n) is 19.0. The number of hydrogen-bond acceptors (Lipinski definition) is 8. The predicted molar refractivity (Wildman–Crippen MR) is 128 cm³/mol. The van der Waals surface area contributed by atoms with E-state index in [1.807, 2.05) is 13.0 Å². The fourth-order valence-corrected chi connectivity index (χ4v) is 4.65. The third-order valence-electron chi connectivity index (χ3n) is 4.98. The van der Waals surface area contributed by atoms with Crippen molar-refractivity contribution in [2.45, 2.75) is 40.2 Å². The summed E-state index contributed by atoms with van der Waals surface area (Å²) in [6.07, 6.45) is 0.0484. The second kappa shape index (κ2) is 11.1. The van der Waals surface area contributed by atoms with E-state index in [4.69, 9.17) is 26.0 Å². The summed E-state index contributed by atoms with van der Waals surface area (Å²) in [5, 5.41) is 27.7. The molecule has 0 bridgehead atoms. The summed E-state index contributed by atoms with van der Waals surface area (Å²) in [6.45, 7) is 7.53. The summed E-state index contributed by atoms with van der Waals surface area (Å²) >= 11 is 8.02. The predicted octanol–water partition coefficient (Wildman–Crippen LogP) is 3.78. The van der Waals surface area contributed by atoms with Crippen molar-refractivity contribution < 1.29 is 24.3 Å². The molecule has 2 aromatic heterocycles. The van der Waals surface area contributed by atoms with Crippen LogP contribution in [0.15, 0.2) is 22.0 Å². The van der Waals surface area contributed by atoms with Gasteiger partial charge in [0.15, 0.2) is 0 Å². The number of rotatable bonds is 10. The van der Waals surface area contributed by atoms with Crippen molar-refractivity contribution in [1.29, 1.82) is 0 Å². The lowest BCUT2D eigenvalue weighted by Gasteiger charge is -2.16. The first-order valence-corrected chi connectivity index (χ1v) is 11.8. The van der Waals surface area contributed by atoms with E-state index in [9.17, 15) is 9.90 Å². The van der Waals surface area contributed by atoms with E-state index < -0.39 is 18.6 Å². The van der Waals surface area contributed by atoms with Crippen molar-refractivity contribution >= 4 is 28.8 Å². The maximum atomic E-state index is 11.1. The molecular formula is C23H28ClN3O5S. The van der Waals surface area contributed by atoms with Crippen molar-refractivity contribution in [2.24, 2.45) is 5.92 Å². The Morgan fingerprint density at radius 2 is 2.09 bits per heavy atom. The first kappa shape index (κ1) is 25.2. The van der Waals surface area contributed by atoms with Gasteiger partial charge in [-0.1, -0.05) is 30.6 Å². The van der Waals surface area contributed by atoms with Crippen molar-refractivity contribution in [1.82, 2.24) is 15.5 Å². The lowest BCUT2D eigenvalue weighted by atomic mass is 10.0. The van der Waals surface area contributed by atoms with Gasteiger partial charge in [-0.15, -0.1) is 11.3 Å². The number of halogens is 1. The Morgan fingerprint density at radius 3 is 2.76 bits per heavy atom. The monoisotopic (exact) mass is 493 g/mol. The topological polar surface area (TPSA) is 118 Å². The number of benzene rings is 1. The number of ether oxygens (including phenoxy) is 1. The molecule has 1 aromatic carbocycles. The summed E-state index contributed by atoms with van der Waals surface area (Å²) < 4.78 is 11.2. The maximum absolute atomic E-state index is 11.1. The number of carbonyl (C=O) groups excluding carboxylic acids is 1. The summed E-state index contributed by atoms with van der Waals surface area (Å²) in [7, 11) is 0. The molecule has 0 fully saturated rings. The van der Waals surface area contributed by atoms with Crippen LogP contribution in [0.5, 0.6) is 5.75 Å². The highest BCUT2D eigenvalue weighted by Crippen LogP contribution is 2.36. The third kappa shape index (κ3) is 6.32. The van der Waals surface area contributed by atoms with Gasteiger partial charge in [0.05, 0.1) is 9.90 Å². The Balaban J connectivity index is 1.72. The molecule has 10 heteroatoms. The van der Waals surface area contributed by atoms with Crippen LogP contribution in [0.4, 0.5) is 0 Å². The molecule has 1 unspecified atom stereocenters. The van der Waals surface area contributed by atoms with E-state index in [0.29, 0.717) is 34.0 Å². The number of thiophene rings is 1. The number of nitrogens with zero attached hydrogens (tertiary/aromatic N) is 2. The minimum Gasteiger partial charge on any atom is -0.489 e. The van der Waals surface area contributed by atoms with Crippen LogP contribution < -0.4 is 10.1 Å². The lowest BCUT2D eigenvalue weighted by Crippen LogP contribution is -2.36. The number of aliphatic hydroxyl groups excluding tert-OH is 2. The van der Waals surface area contributed by atoms with Crippen LogP contribution in [0.2, 0.25) is 5.02 Å². The number of aliphatic hydroxyl groups is 2. The van der Waals surface area contributed by atoms with Gasteiger partial charge < -0.3 is 24.8 Å². The molecule has 3 rings (SSSR count). The lowest BCUT2D eigenvalue weighted by molar-refractivity contribution is -0.124. The minimum atomic E-state index is -0.954. The Hall–Kier alpha value is -2.46. The van der Waals surface area contributed by atoms with E-state index in [-0.39, 0.29) is 13.2 Å². The number of aromatic nitrogens is 2. The molecule has 1 amide bonds. The van der Waals surface area contributed by atoms with Crippen LogP contribution in [-0.4, -0.2) is 52.1 Å². The largest absolute Gasteiger partial charge is 0.489 e. The molecule has 33 heavy (non-hydrogen) atoms. The molecular weight excluding hydrogens is 466 g/mol. The highest BCUT2D eigenvalue weighted by Gasteiger charge is 2.19. The van der Waals surface area contributed by atoms with Crippen LogP contribution >= 0.6 is 22.9 Å². The molecule has 0 radical (unpaired) electrons. The van der Waals surface area contributed by atoms with Crippen LogP contribution in [0, 0.1) is 19.8 Å². The van der Waals surface area contributed by atoms with E-state index >= 15 is 0 Å². The SMILES string of the molecule is Cc1cc(-c2noc(-c3scc(CC(C)C)c3C)n2)cc(Cl)c1OCC(O)CNC(=O)CO. The highest BCUT2D eigenvalue weighted by molar-refractivity contribution is 7.13. The Kier molecular flexibility index (Phi) is 8.47. The average Bonchev–Trinajstić information content (AvgIpc) is 3.38. The molecule has 0 aliphatic rings. The number of amides is 1. The van der Waals surface area contributed by atoms with Gasteiger partial charge >= 0.3 is 0 Å². The molecule has 0 saturated carbocycles. The molecule has 2 heterocycles. The van der Waals surface area contributed by atoms with Crippen LogP contribution in [0.1, 0.15) is 30.5 Å². The van der Waals surface area contributed by atoms with Crippen molar-refractivity contribution in [3.8, 4) is 27.9 Å². The fraction of sp³-hybridized carbons (Fsp3) is 0.435. The molecule has 1 atom stereocenters. The molecule has 0 spiro atoms. The first-order chi connectivity index (χ1) is 15.7. The molecule has 0 aliphatic heterocycles. The maximum Gasteiger partial charge on any atom is 0.268 e. The quantitative estimate of drug-likeness (QED) is 0.393. The van der Waals surface area contributed by atoms with Crippen molar-refractivity contribution in [2.75, 3.05) is 19.8 Å². The van der Waals surface area contributed by atoms with E-state index in [1.165, 1.54) is 5.56 Å². The van der Waals surface area contributed by atoms with Gasteiger partial charge in [0, 0.05) is 12.1 Å². The molecule has 0 aliphatic carbocycles. The molecule has 3 aromatic rings. The van der Waals surface area contributed by atoms with E-state index in [0.717, 1.165) is 22.4 Å². The summed E-state index contributed by atoms with van der Waals surface area (Å²) in [6, 6.07) is 3.52. The van der Waals surface area contributed by atoms with Gasteiger partial charge in [-0.2, -0.15) is 4.98 Å². The first-order valence-electron chi connectivity index (χ1n) is 10.6. The Morgan fingerprint density at radius 1 is 1.33 bits per heavy atom. The summed E-state index contributed by atoms with van der Waals surface area (Å²) in [4.78, 5) is 16.6. The zero-order chi connectivity index (χ0) is 24.1. The van der Waals surface area contributed by atoms with Crippen molar-refractivity contribution in [3.63, 3.8) is 0 Å². The Bertz CT molecular complexity index is 1090. The van der Waals surface area contributed by atoms with E-state index in [1.54, 1.807) is 17.4 Å². The number of hydrogen-bond donors (Lipinski definition) is 3. The van der Waals surface area contributed by atoms with Gasteiger partial charge in [-0.05, 0) is 60.4 Å². The third-order valence-corrected chi connectivity index (χ3v) is 6.38. The molecule has 8 nitrogen and oxygen atoms in total. The normalized spacial score (nSPS) is 12.2. The zero-order valence-corrected chi connectivity index (χ0v) is 20.6. The molecule has 178 valence electrons. The second-order valence-corrected chi connectivity index (χ2v) is 9.55. The van der Waals surface area contributed by atoms with Gasteiger partial charge in [0.25, 0.3) is 5.89 Å². The van der Waals surface area contributed by atoms with Gasteiger partial charge in [0.2, 0.25) is 11.7 Å². The summed E-state index contributed by atoms with van der Waals surface area (Å²) in [5.74, 6) is 1.32. The second-order valence-electron chi connectivity index (χ2n) is 8.27. The van der Waals surface area contributed by atoms with Gasteiger partial charge in [0.1, 0.15) is 25.1 Å². The van der Waals surface area contributed by atoms with Crippen molar-refractivity contribution in [3.05, 3.63) is 39.2 Å². The van der Waals surface area contributed by atoms with Gasteiger partial charge in [-0.25, -0.2) is 0 Å². The molecule has 3 N–H and O–H groups in total. The fourth-order valence-electron chi connectivity index (χ4n) is 3.31. The van der Waals surface area contributed by atoms with Crippen LogP contribution in [0.3, 0.4) is 0 Å². The number of nitrogens with one attached hydrogen (secondary N) is 1.